The fourth-order valence-electron chi connectivity index (χ4n) is 2.48. The number of nitrogens with one attached hydrogen (secondary N) is 1. The van der Waals surface area contributed by atoms with E-state index in [0.717, 1.165) is 6.42 Å². The highest BCUT2D eigenvalue weighted by atomic mass is 15.0. The molecule has 1 nitrogen and oxygen atoms in total. The molecule has 1 aromatic rings. The van der Waals surface area contributed by atoms with Crippen LogP contribution in [0.3, 0.4) is 0 Å². The van der Waals surface area contributed by atoms with Crippen LogP contribution in [-0.4, -0.2) is 5.54 Å². The SMILES string of the molecule is Cc1cccc(NC(C)(C)CC(C)(C)C)c1. The van der Waals surface area contributed by atoms with Gasteiger partial charge in [0.25, 0.3) is 0 Å². The largest absolute Gasteiger partial charge is 0.380 e. The Bertz CT molecular complexity index is 345. The van der Waals surface area contributed by atoms with Crippen molar-refractivity contribution in [3.63, 3.8) is 0 Å². The van der Waals surface area contributed by atoms with Crippen LogP contribution in [-0.2, 0) is 0 Å². The maximum absolute atomic E-state index is 3.62. The van der Waals surface area contributed by atoms with Crippen LogP contribution in [0.1, 0.15) is 46.6 Å². The molecule has 0 aromatic heterocycles. The number of rotatable bonds is 3. The third-order valence-electron chi connectivity index (χ3n) is 2.47. The summed E-state index contributed by atoms with van der Waals surface area (Å²) < 4.78 is 0. The summed E-state index contributed by atoms with van der Waals surface area (Å²) in [4.78, 5) is 0. The Morgan fingerprint density at radius 1 is 1.06 bits per heavy atom. The molecule has 90 valence electrons. The number of aryl methyl sites for hydroxylation is 1. The number of anilines is 1. The van der Waals surface area contributed by atoms with Crippen LogP contribution in [0.4, 0.5) is 5.69 Å². The normalized spacial score (nSPS) is 12.6. The maximum Gasteiger partial charge on any atom is 0.0346 e. The Morgan fingerprint density at radius 2 is 1.69 bits per heavy atom. The third-order valence-corrected chi connectivity index (χ3v) is 2.47. The van der Waals surface area contributed by atoms with Crippen molar-refractivity contribution in [3.05, 3.63) is 29.8 Å². The van der Waals surface area contributed by atoms with Gasteiger partial charge in [-0.25, -0.2) is 0 Å². The highest BCUT2D eigenvalue weighted by molar-refractivity contribution is 5.47. The molecule has 0 atom stereocenters. The highest BCUT2D eigenvalue weighted by Gasteiger charge is 2.24. The predicted molar refractivity (Wildman–Crippen MR) is 73.0 cm³/mol. The number of hydrogen-bond donors (Lipinski definition) is 1. The Hall–Kier alpha value is -0.980. The molecule has 0 bridgehead atoms. The van der Waals surface area contributed by atoms with Crippen molar-refractivity contribution in [2.45, 2.75) is 53.5 Å². The molecule has 0 aliphatic rings. The first kappa shape index (κ1) is 13.1. The highest BCUT2D eigenvalue weighted by Crippen LogP contribution is 2.29. The zero-order chi connectivity index (χ0) is 12.4. The summed E-state index contributed by atoms with van der Waals surface area (Å²) in [5.41, 5.74) is 3.00. The fraction of sp³-hybridized carbons (Fsp3) is 0.600. The molecule has 1 heteroatoms. The Balaban J connectivity index is 2.72. The molecule has 16 heavy (non-hydrogen) atoms. The van der Waals surface area contributed by atoms with Gasteiger partial charge in [-0.2, -0.15) is 0 Å². The Kier molecular flexibility index (Phi) is 3.67. The summed E-state index contributed by atoms with van der Waals surface area (Å²) in [6.45, 7) is 13.5. The van der Waals surface area contributed by atoms with Crippen molar-refractivity contribution in [1.82, 2.24) is 0 Å². The van der Waals surface area contributed by atoms with E-state index >= 15 is 0 Å². The van der Waals surface area contributed by atoms with Gasteiger partial charge in [0, 0.05) is 11.2 Å². The summed E-state index contributed by atoms with van der Waals surface area (Å²) in [6, 6.07) is 8.56. The lowest BCUT2D eigenvalue weighted by molar-refractivity contribution is 0.302. The van der Waals surface area contributed by atoms with Gasteiger partial charge in [-0.1, -0.05) is 32.9 Å². The summed E-state index contributed by atoms with van der Waals surface area (Å²) in [6.07, 6.45) is 1.15. The first-order valence-corrected chi connectivity index (χ1v) is 6.03. The van der Waals surface area contributed by atoms with E-state index in [1.807, 2.05) is 0 Å². The van der Waals surface area contributed by atoms with Crippen LogP contribution in [0.2, 0.25) is 0 Å². The van der Waals surface area contributed by atoms with E-state index in [1.54, 1.807) is 0 Å². The van der Waals surface area contributed by atoms with Crippen LogP contribution in [0.15, 0.2) is 24.3 Å². The maximum atomic E-state index is 3.62. The van der Waals surface area contributed by atoms with Gasteiger partial charge >= 0.3 is 0 Å². The molecule has 0 radical (unpaired) electrons. The summed E-state index contributed by atoms with van der Waals surface area (Å²) in [5, 5.41) is 3.62. The van der Waals surface area contributed by atoms with Crippen LogP contribution in [0, 0.1) is 12.3 Å². The van der Waals surface area contributed by atoms with Crippen molar-refractivity contribution < 1.29 is 0 Å². The average Bonchev–Trinajstić information content (AvgIpc) is 1.96. The molecular weight excluding hydrogens is 194 g/mol. The lowest BCUT2D eigenvalue weighted by Gasteiger charge is -2.34. The van der Waals surface area contributed by atoms with Crippen molar-refractivity contribution >= 4 is 5.69 Å². The second-order valence-electron chi connectivity index (χ2n) is 6.62. The molecular formula is C15H25N. The molecule has 0 unspecified atom stereocenters. The van der Waals surface area contributed by atoms with Crippen LogP contribution in [0.5, 0.6) is 0 Å². The minimum atomic E-state index is 0.131. The minimum absolute atomic E-state index is 0.131. The van der Waals surface area contributed by atoms with E-state index < -0.39 is 0 Å². The lowest BCUT2D eigenvalue weighted by atomic mass is 9.81. The molecule has 0 heterocycles. The van der Waals surface area contributed by atoms with Gasteiger partial charge < -0.3 is 5.32 Å². The van der Waals surface area contributed by atoms with E-state index in [0.29, 0.717) is 5.41 Å². The molecule has 0 spiro atoms. The zero-order valence-electron chi connectivity index (χ0n) is 11.5. The number of hydrogen-bond acceptors (Lipinski definition) is 1. The standard InChI is InChI=1S/C15H25N/c1-12-8-7-9-13(10-12)16-15(5,6)11-14(2,3)4/h7-10,16H,11H2,1-6H3. The van der Waals surface area contributed by atoms with Gasteiger partial charge in [-0.15, -0.1) is 0 Å². The van der Waals surface area contributed by atoms with E-state index in [9.17, 15) is 0 Å². The second kappa shape index (κ2) is 4.48. The molecule has 0 aliphatic carbocycles. The predicted octanol–water partition coefficient (Wildman–Crippen LogP) is 4.62. The van der Waals surface area contributed by atoms with Crippen molar-refractivity contribution in [1.29, 1.82) is 0 Å². The molecule has 0 saturated heterocycles. The van der Waals surface area contributed by atoms with Gasteiger partial charge in [0.2, 0.25) is 0 Å². The zero-order valence-corrected chi connectivity index (χ0v) is 11.5. The van der Waals surface area contributed by atoms with Crippen LogP contribution in [0.25, 0.3) is 0 Å². The number of benzene rings is 1. The van der Waals surface area contributed by atoms with Gasteiger partial charge in [-0.05, 0) is 50.3 Å². The molecule has 0 fully saturated rings. The van der Waals surface area contributed by atoms with Gasteiger partial charge in [0.05, 0.1) is 0 Å². The van der Waals surface area contributed by atoms with Gasteiger partial charge in [0.1, 0.15) is 0 Å². The van der Waals surface area contributed by atoms with E-state index in [2.05, 4.69) is 71.1 Å². The van der Waals surface area contributed by atoms with Gasteiger partial charge in [0.15, 0.2) is 0 Å². The molecule has 0 aliphatic heterocycles. The third kappa shape index (κ3) is 4.69. The van der Waals surface area contributed by atoms with Crippen molar-refractivity contribution in [2.24, 2.45) is 5.41 Å². The average molecular weight is 219 g/mol. The van der Waals surface area contributed by atoms with Crippen LogP contribution < -0.4 is 5.32 Å². The molecule has 1 rings (SSSR count). The summed E-state index contributed by atoms with van der Waals surface area (Å²) in [7, 11) is 0. The summed E-state index contributed by atoms with van der Waals surface area (Å²) >= 11 is 0. The molecule has 1 N–H and O–H groups in total. The summed E-state index contributed by atoms with van der Waals surface area (Å²) in [5.74, 6) is 0. The first-order chi connectivity index (χ1) is 7.18. The topological polar surface area (TPSA) is 12.0 Å². The molecule has 1 aromatic carbocycles. The Morgan fingerprint density at radius 3 is 2.19 bits per heavy atom. The Labute approximate surface area is 100 Å². The van der Waals surface area contributed by atoms with Crippen LogP contribution >= 0.6 is 0 Å². The monoisotopic (exact) mass is 219 g/mol. The smallest absolute Gasteiger partial charge is 0.0346 e. The van der Waals surface area contributed by atoms with E-state index in [4.69, 9.17) is 0 Å². The lowest BCUT2D eigenvalue weighted by Crippen LogP contribution is -2.35. The van der Waals surface area contributed by atoms with Crippen molar-refractivity contribution in [2.75, 3.05) is 5.32 Å². The molecule has 0 amide bonds. The van der Waals surface area contributed by atoms with E-state index in [-0.39, 0.29) is 5.54 Å². The second-order valence-corrected chi connectivity index (χ2v) is 6.62. The van der Waals surface area contributed by atoms with E-state index in [1.165, 1.54) is 11.3 Å². The first-order valence-electron chi connectivity index (χ1n) is 6.03. The fourth-order valence-corrected chi connectivity index (χ4v) is 2.48. The van der Waals surface area contributed by atoms with Gasteiger partial charge in [-0.3, -0.25) is 0 Å². The minimum Gasteiger partial charge on any atom is -0.380 e. The quantitative estimate of drug-likeness (QED) is 0.782. The van der Waals surface area contributed by atoms with Crippen molar-refractivity contribution in [3.8, 4) is 0 Å². The molecule has 0 saturated carbocycles.